The van der Waals surface area contributed by atoms with Crippen molar-refractivity contribution in [2.75, 3.05) is 18.9 Å². The summed E-state index contributed by atoms with van der Waals surface area (Å²) >= 11 is 4.97. The molecule has 4 nitrogen and oxygen atoms in total. The maximum absolute atomic E-state index is 14.1. The number of nitrogens with one attached hydrogen (secondary N) is 1. The SMILES string of the molecule is CN1CCc2c(sc(Nc3nc4c(F)cccc4s3)c2-c2nc3ccccc3s2)C1. The summed E-state index contributed by atoms with van der Waals surface area (Å²) in [5, 5.41) is 6.31. The van der Waals surface area contributed by atoms with Crippen molar-refractivity contribution >= 4 is 64.6 Å². The summed E-state index contributed by atoms with van der Waals surface area (Å²) in [6, 6.07) is 13.3. The van der Waals surface area contributed by atoms with E-state index in [1.54, 1.807) is 28.7 Å². The first-order valence-corrected chi connectivity index (χ1v) is 12.1. The minimum absolute atomic E-state index is 0.282. The smallest absolute Gasteiger partial charge is 0.189 e. The van der Waals surface area contributed by atoms with E-state index >= 15 is 0 Å². The van der Waals surface area contributed by atoms with Crippen LogP contribution in [0.2, 0.25) is 0 Å². The predicted octanol–water partition coefficient (Wildman–Crippen LogP) is 6.51. The van der Waals surface area contributed by atoms with Gasteiger partial charge in [0.05, 0.1) is 14.9 Å². The summed E-state index contributed by atoms with van der Waals surface area (Å²) < 4.78 is 16.2. The number of nitrogens with zero attached hydrogens (tertiary/aromatic N) is 3. The number of halogens is 1. The predicted molar refractivity (Wildman–Crippen MR) is 126 cm³/mol. The Morgan fingerprint density at radius 3 is 2.73 bits per heavy atom. The molecule has 1 N–H and O–H groups in total. The van der Waals surface area contributed by atoms with Gasteiger partial charge in [0.2, 0.25) is 0 Å². The zero-order valence-corrected chi connectivity index (χ0v) is 18.6. The molecule has 0 saturated heterocycles. The van der Waals surface area contributed by atoms with Gasteiger partial charge in [0.25, 0.3) is 0 Å². The Morgan fingerprint density at radius 2 is 1.87 bits per heavy atom. The van der Waals surface area contributed by atoms with Crippen LogP contribution in [0, 0.1) is 5.82 Å². The number of rotatable bonds is 3. The fourth-order valence-electron chi connectivity index (χ4n) is 3.89. The van der Waals surface area contributed by atoms with Crippen LogP contribution in [0.3, 0.4) is 0 Å². The van der Waals surface area contributed by atoms with E-state index in [1.165, 1.54) is 38.1 Å². The highest BCUT2D eigenvalue weighted by Crippen LogP contribution is 2.47. The summed E-state index contributed by atoms with van der Waals surface area (Å²) in [7, 11) is 2.16. The number of para-hydroxylation sites is 2. The molecule has 150 valence electrons. The third kappa shape index (κ3) is 3.02. The van der Waals surface area contributed by atoms with E-state index in [9.17, 15) is 4.39 Å². The summed E-state index contributed by atoms with van der Waals surface area (Å²) in [4.78, 5) is 13.2. The Bertz CT molecular complexity index is 1370. The lowest BCUT2D eigenvalue weighted by atomic mass is 10.0. The number of fused-ring (bicyclic) bond motifs is 3. The largest absolute Gasteiger partial charge is 0.323 e. The van der Waals surface area contributed by atoms with Gasteiger partial charge in [0.15, 0.2) is 5.13 Å². The second-order valence-electron chi connectivity index (χ2n) is 7.41. The van der Waals surface area contributed by atoms with Crippen LogP contribution in [0.1, 0.15) is 10.4 Å². The zero-order valence-electron chi connectivity index (χ0n) is 16.1. The third-order valence-corrected chi connectivity index (χ3v) is 8.47. The molecule has 0 unspecified atom stereocenters. The van der Waals surface area contributed by atoms with Crippen molar-refractivity contribution in [3.05, 3.63) is 58.7 Å². The minimum Gasteiger partial charge on any atom is -0.323 e. The van der Waals surface area contributed by atoms with E-state index in [-0.39, 0.29) is 5.82 Å². The summed E-state index contributed by atoms with van der Waals surface area (Å²) in [5.41, 5.74) is 4.02. The Labute approximate surface area is 184 Å². The first kappa shape index (κ1) is 18.4. The van der Waals surface area contributed by atoms with E-state index in [2.05, 4.69) is 40.4 Å². The Morgan fingerprint density at radius 1 is 1.00 bits per heavy atom. The van der Waals surface area contributed by atoms with Gasteiger partial charge in [-0.2, -0.15) is 0 Å². The lowest BCUT2D eigenvalue weighted by Crippen LogP contribution is -2.25. The van der Waals surface area contributed by atoms with Crippen molar-refractivity contribution < 1.29 is 4.39 Å². The van der Waals surface area contributed by atoms with E-state index in [4.69, 9.17) is 4.98 Å². The van der Waals surface area contributed by atoms with E-state index in [1.807, 2.05) is 12.1 Å². The second kappa shape index (κ2) is 7.09. The molecule has 2 aromatic carbocycles. The molecule has 3 aromatic heterocycles. The number of hydrogen-bond donors (Lipinski definition) is 1. The molecule has 5 aromatic rings. The molecule has 0 saturated carbocycles. The molecule has 1 aliphatic heterocycles. The quantitative estimate of drug-likeness (QED) is 0.339. The van der Waals surface area contributed by atoms with Gasteiger partial charge < -0.3 is 10.2 Å². The summed E-state index contributed by atoms with van der Waals surface area (Å²) in [6.07, 6.45) is 1.00. The fraction of sp³-hybridized carbons (Fsp3) is 0.182. The maximum atomic E-state index is 14.1. The van der Waals surface area contributed by atoms with Crippen molar-refractivity contribution in [1.29, 1.82) is 0 Å². The van der Waals surface area contributed by atoms with E-state index < -0.39 is 0 Å². The molecule has 0 fully saturated rings. The Hall–Kier alpha value is -2.39. The normalized spacial score (nSPS) is 14.5. The number of benzene rings is 2. The molecule has 0 amide bonds. The van der Waals surface area contributed by atoms with Gasteiger partial charge in [-0.15, -0.1) is 22.7 Å². The molecule has 0 aliphatic carbocycles. The molecule has 30 heavy (non-hydrogen) atoms. The first-order valence-electron chi connectivity index (χ1n) is 9.67. The number of anilines is 2. The fourth-order valence-corrected chi connectivity index (χ4v) is 7.28. The van der Waals surface area contributed by atoms with Gasteiger partial charge in [-0.05, 0) is 43.3 Å². The van der Waals surface area contributed by atoms with Crippen molar-refractivity contribution in [2.24, 2.45) is 0 Å². The molecule has 8 heteroatoms. The van der Waals surface area contributed by atoms with Crippen LogP contribution in [0.25, 0.3) is 31.0 Å². The summed E-state index contributed by atoms with van der Waals surface area (Å²) in [5.74, 6) is -0.282. The molecule has 1 aliphatic rings. The highest BCUT2D eigenvalue weighted by atomic mass is 32.1. The van der Waals surface area contributed by atoms with Crippen LogP contribution in [0.15, 0.2) is 42.5 Å². The highest BCUT2D eigenvalue weighted by molar-refractivity contribution is 7.24. The van der Waals surface area contributed by atoms with Crippen molar-refractivity contribution in [3.63, 3.8) is 0 Å². The van der Waals surface area contributed by atoms with Gasteiger partial charge in [0.1, 0.15) is 21.3 Å². The van der Waals surface area contributed by atoms with Crippen LogP contribution >= 0.6 is 34.0 Å². The van der Waals surface area contributed by atoms with Crippen LogP contribution in [0.5, 0.6) is 0 Å². The lowest BCUT2D eigenvalue weighted by Gasteiger charge is -2.22. The van der Waals surface area contributed by atoms with Gasteiger partial charge in [-0.25, -0.2) is 14.4 Å². The maximum Gasteiger partial charge on any atom is 0.189 e. The number of likely N-dealkylation sites (N-methyl/N-ethyl adjacent to an activating group) is 1. The van der Waals surface area contributed by atoms with Gasteiger partial charge in [0, 0.05) is 23.5 Å². The Balaban J connectivity index is 1.49. The molecule has 0 spiro atoms. The Kier molecular flexibility index (Phi) is 4.35. The molecular formula is C22H17FN4S3. The number of thiophene rings is 1. The van der Waals surface area contributed by atoms with Crippen LogP contribution in [-0.2, 0) is 13.0 Å². The van der Waals surface area contributed by atoms with Crippen LogP contribution in [0.4, 0.5) is 14.5 Å². The number of thiazole rings is 2. The van der Waals surface area contributed by atoms with Crippen molar-refractivity contribution in [1.82, 2.24) is 14.9 Å². The molecular weight excluding hydrogens is 435 g/mol. The average Bonchev–Trinajstić information content (AvgIpc) is 3.42. The van der Waals surface area contributed by atoms with E-state index in [0.29, 0.717) is 10.6 Å². The number of aromatic nitrogens is 2. The molecule has 0 radical (unpaired) electrons. The second-order valence-corrected chi connectivity index (χ2v) is 10.6. The average molecular weight is 453 g/mol. The lowest BCUT2D eigenvalue weighted by molar-refractivity contribution is 0.317. The topological polar surface area (TPSA) is 41.0 Å². The molecule has 6 rings (SSSR count). The van der Waals surface area contributed by atoms with Gasteiger partial charge in [-0.1, -0.05) is 29.5 Å². The minimum atomic E-state index is -0.282. The van der Waals surface area contributed by atoms with Gasteiger partial charge in [-0.3, -0.25) is 0 Å². The first-order chi connectivity index (χ1) is 14.7. The summed E-state index contributed by atoms with van der Waals surface area (Å²) in [6.45, 7) is 1.97. The zero-order chi connectivity index (χ0) is 20.2. The third-order valence-electron chi connectivity index (χ3n) is 5.35. The number of hydrogen-bond acceptors (Lipinski definition) is 7. The molecule has 0 bridgehead atoms. The van der Waals surface area contributed by atoms with Gasteiger partial charge >= 0.3 is 0 Å². The highest BCUT2D eigenvalue weighted by Gasteiger charge is 2.26. The van der Waals surface area contributed by atoms with Crippen LogP contribution in [-0.4, -0.2) is 28.5 Å². The molecule has 0 atom stereocenters. The standard InChI is InChI=1S/C22H17FN4S3/c1-27-10-9-12-17(11-27)29-21(18(12)20-24-14-6-2-3-7-15(14)28-20)26-22-25-19-13(23)5-4-8-16(19)30-22/h2-8H,9-11H2,1H3,(H,25,26). The van der Waals surface area contributed by atoms with E-state index in [0.717, 1.165) is 39.7 Å². The monoisotopic (exact) mass is 452 g/mol. The van der Waals surface area contributed by atoms with Crippen LogP contribution < -0.4 is 5.32 Å². The molecule has 4 heterocycles. The van der Waals surface area contributed by atoms with Crippen molar-refractivity contribution in [3.8, 4) is 10.6 Å². The van der Waals surface area contributed by atoms with Crippen molar-refractivity contribution in [2.45, 2.75) is 13.0 Å².